The highest BCUT2D eigenvalue weighted by molar-refractivity contribution is 8.13. The van der Waals surface area contributed by atoms with Crippen LogP contribution in [0.2, 0.25) is 0 Å². The van der Waals surface area contributed by atoms with E-state index < -0.39 is 20.9 Å². The number of carbonyl (C=O) groups is 2. The molecule has 2 amide bonds. The van der Waals surface area contributed by atoms with Crippen molar-refractivity contribution in [1.82, 2.24) is 5.06 Å². The van der Waals surface area contributed by atoms with Gasteiger partial charge in [0.1, 0.15) is 0 Å². The highest BCUT2D eigenvalue weighted by Gasteiger charge is 2.36. The van der Waals surface area contributed by atoms with Crippen molar-refractivity contribution in [2.75, 3.05) is 25.6 Å². The fourth-order valence-electron chi connectivity index (χ4n) is 1.73. The van der Waals surface area contributed by atoms with Crippen molar-refractivity contribution in [2.24, 2.45) is 0 Å². The number of amides is 2. The Bertz CT molecular complexity index is 624. The molecule has 2 rings (SSSR count). The summed E-state index contributed by atoms with van der Waals surface area (Å²) >= 11 is 0. The van der Waals surface area contributed by atoms with Gasteiger partial charge in [0.25, 0.3) is 11.8 Å². The van der Waals surface area contributed by atoms with Crippen LogP contribution in [0.15, 0.2) is 24.3 Å². The van der Waals surface area contributed by atoms with Crippen LogP contribution < -0.4 is 0 Å². The monoisotopic (exact) mass is 333 g/mol. The molecule has 1 heterocycles. The first-order chi connectivity index (χ1) is 9.90. The summed E-state index contributed by atoms with van der Waals surface area (Å²) in [6.45, 7) is -0.120. The van der Waals surface area contributed by atoms with Gasteiger partial charge in [-0.2, -0.15) is 0 Å². The number of rotatable bonds is 7. The molecule has 0 aromatic heterocycles. The van der Waals surface area contributed by atoms with E-state index in [1.54, 1.807) is 24.3 Å². The Labute approximate surface area is 125 Å². The molecule has 114 valence electrons. The zero-order valence-corrected chi connectivity index (χ0v) is 12.4. The summed E-state index contributed by atoms with van der Waals surface area (Å²) in [6.07, 6.45) is 0. The van der Waals surface area contributed by atoms with Crippen LogP contribution in [0.5, 0.6) is 0 Å². The molecule has 0 aliphatic carbocycles. The van der Waals surface area contributed by atoms with E-state index in [0.717, 1.165) is 0 Å². The van der Waals surface area contributed by atoms with Crippen molar-refractivity contribution in [3.8, 4) is 0 Å². The van der Waals surface area contributed by atoms with E-state index in [1.807, 2.05) is 0 Å². The Morgan fingerprint density at radius 2 is 1.57 bits per heavy atom. The van der Waals surface area contributed by atoms with Crippen LogP contribution in [0.25, 0.3) is 0 Å². The molecule has 9 heteroatoms. The van der Waals surface area contributed by atoms with Crippen molar-refractivity contribution in [3.05, 3.63) is 35.4 Å². The number of carbonyl (C=O) groups excluding carboxylic acids is 2. The normalized spacial score (nSPS) is 14.6. The van der Waals surface area contributed by atoms with Crippen LogP contribution in [0.3, 0.4) is 0 Å². The molecule has 0 unspecified atom stereocenters. The molecule has 7 nitrogen and oxygen atoms in total. The standard InChI is InChI=1S/C12H12ClNO6S/c13-21(17,18)8-7-19-5-6-20-14-11(15)9-3-1-2-4-10(9)12(14)16/h1-4H,5-8H2. The number of ether oxygens (including phenoxy) is 1. The lowest BCUT2D eigenvalue weighted by molar-refractivity contribution is -0.105. The third kappa shape index (κ3) is 4.01. The van der Waals surface area contributed by atoms with Gasteiger partial charge in [0.15, 0.2) is 0 Å². The molecule has 0 bridgehead atoms. The van der Waals surface area contributed by atoms with Crippen LogP contribution >= 0.6 is 10.7 Å². The number of halogens is 1. The molecule has 0 radical (unpaired) electrons. The third-order valence-electron chi connectivity index (χ3n) is 2.68. The fraction of sp³-hybridized carbons (Fsp3) is 0.333. The van der Waals surface area contributed by atoms with Gasteiger partial charge in [-0.3, -0.25) is 14.4 Å². The molecular formula is C12H12ClNO6S. The average Bonchev–Trinajstić information content (AvgIpc) is 2.66. The van der Waals surface area contributed by atoms with Crippen molar-refractivity contribution in [2.45, 2.75) is 0 Å². The first kappa shape index (κ1) is 15.9. The maximum atomic E-state index is 11.9. The van der Waals surface area contributed by atoms with Crippen LogP contribution in [0.4, 0.5) is 0 Å². The number of imide groups is 1. The average molecular weight is 334 g/mol. The third-order valence-corrected chi connectivity index (χ3v) is 3.79. The van der Waals surface area contributed by atoms with E-state index in [-0.39, 0.29) is 36.7 Å². The van der Waals surface area contributed by atoms with Gasteiger partial charge in [-0.05, 0) is 12.1 Å². The minimum atomic E-state index is -3.59. The largest absolute Gasteiger partial charge is 0.378 e. The van der Waals surface area contributed by atoms with Crippen molar-refractivity contribution in [3.63, 3.8) is 0 Å². The highest BCUT2D eigenvalue weighted by atomic mass is 35.7. The van der Waals surface area contributed by atoms with E-state index in [4.69, 9.17) is 20.3 Å². The van der Waals surface area contributed by atoms with E-state index in [9.17, 15) is 18.0 Å². The van der Waals surface area contributed by atoms with Gasteiger partial charge >= 0.3 is 0 Å². The molecule has 21 heavy (non-hydrogen) atoms. The van der Waals surface area contributed by atoms with E-state index in [1.165, 1.54) is 0 Å². The molecular weight excluding hydrogens is 322 g/mol. The second-order valence-electron chi connectivity index (χ2n) is 4.14. The Kier molecular flexibility index (Phi) is 4.94. The van der Waals surface area contributed by atoms with Crippen molar-refractivity contribution in [1.29, 1.82) is 0 Å². The van der Waals surface area contributed by atoms with Gasteiger partial charge in [-0.1, -0.05) is 12.1 Å². The second kappa shape index (κ2) is 6.52. The molecule has 1 aromatic carbocycles. The zero-order chi connectivity index (χ0) is 15.5. The van der Waals surface area contributed by atoms with Gasteiger partial charge < -0.3 is 4.74 Å². The smallest absolute Gasteiger partial charge is 0.285 e. The summed E-state index contributed by atoms with van der Waals surface area (Å²) in [7, 11) is 1.41. The highest BCUT2D eigenvalue weighted by Crippen LogP contribution is 2.22. The predicted octanol–water partition coefficient (Wildman–Crippen LogP) is 0.799. The summed E-state index contributed by atoms with van der Waals surface area (Å²) in [5.41, 5.74) is 0.577. The summed E-state index contributed by atoms with van der Waals surface area (Å²) in [5, 5.41) is 0.673. The maximum Gasteiger partial charge on any atom is 0.285 e. The summed E-state index contributed by atoms with van der Waals surface area (Å²) in [6, 6.07) is 6.40. The minimum absolute atomic E-state index is 0.0276. The number of fused-ring (bicyclic) bond motifs is 1. The van der Waals surface area contributed by atoms with Crippen LogP contribution in [-0.4, -0.2) is 50.9 Å². The Morgan fingerprint density at radius 1 is 1.00 bits per heavy atom. The number of hydrogen-bond donors (Lipinski definition) is 0. The van der Waals surface area contributed by atoms with Gasteiger partial charge in [0, 0.05) is 10.7 Å². The topological polar surface area (TPSA) is 90.0 Å². The lowest BCUT2D eigenvalue weighted by atomic mass is 10.1. The Balaban J connectivity index is 1.78. The molecule has 0 saturated heterocycles. The Hall–Kier alpha value is -1.48. The molecule has 1 aliphatic rings. The van der Waals surface area contributed by atoms with Crippen LogP contribution in [0.1, 0.15) is 20.7 Å². The number of benzene rings is 1. The molecule has 1 aromatic rings. The fourth-order valence-corrected chi connectivity index (χ4v) is 2.24. The molecule has 0 atom stereocenters. The zero-order valence-electron chi connectivity index (χ0n) is 10.8. The first-order valence-corrected chi connectivity index (χ1v) is 8.49. The van der Waals surface area contributed by atoms with Crippen LogP contribution in [-0.2, 0) is 18.6 Å². The molecule has 0 saturated carbocycles. The number of nitrogens with zero attached hydrogens (tertiary/aromatic N) is 1. The number of hydroxylamine groups is 2. The number of hydrogen-bond acceptors (Lipinski definition) is 6. The lowest BCUT2D eigenvalue weighted by Gasteiger charge is -2.13. The predicted molar refractivity (Wildman–Crippen MR) is 73.4 cm³/mol. The van der Waals surface area contributed by atoms with Crippen LogP contribution in [0, 0.1) is 0 Å². The summed E-state index contributed by atoms with van der Waals surface area (Å²) in [4.78, 5) is 28.9. The Morgan fingerprint density at radius 3 is 2.10 bits per heavy atom. The van der Waals surface area contributed by atoms with E-state index >= 15 is 0 Å². The lowest BCUT2D eigenvalue weighted by Crippen LogP contribution is -2.31. The second-order valence-corrected chi connectivity index (χ2v) is 7.04. The van der Waals surface area contributed by atoms with Crippen molar-refractivity contribution < 1.29 is 27.6 Å². The van der Waals surface area contributed by atoms with E-state index in [0.29, 0.717) is 5.06 Å². The summed E-state index contributed by atoms with van der Waals surface area (Å²) in [5.74, 6) is -1.38. The minimum Gasteiger partial charge on any atom is -0.378 e. The molecule has 1 aliphatic heterocycles. The van der Waals surface area contributed by atoms with E-state index in [2.05, 4.69) is 0 Å². The maximum absolute atomic E-state index is 11.9. The van der Waals surface area contributed by atoms with Gasteiger partial charge in [0.05, 0.1) is 36.7 Å². The SMILES string of the molecule is O=C1c2ccccc2C(=O)N1OCCOCCS(=O)(=O)Cl. The first-order valence-electron chi connectivity index (χ1n) is 6.01. The molecule has 0 N–H and O–H groups in total. The molecule has 0 spiro atoms. The van der Waals surface area contributed by atoms with Crippen molar-refractivity contribution >= 4 is 31.5 Å². The van der Waals surface area contributed by atoms with Gasteiger partial charge in [-0.25, -0.2) is 8.42 Å². The van der Waals surface area contributed by atoms with Gasteiger partial charge in [0.2, 0.25) is 9.05 Å². The quantitative estimate of drug-likeness (QED) is 0.416. The van der Waals surface area contributed by atoms with Gasteiger partial charge in [-0.15, -0.1) is 5.06 Å². The summed E-state index contributed by atoms with van der Waals surface area (Å²) < 4.78 is 26.3. The molecule has 0 fully saturated rings.